The molecule has 0 heterocycles. The maximum Gasteiger partial charge on any atom is 0.344 e. The zero-order chi connectivity index (χ0) is 18.1. The second-order valence-corrected chi connectivity index (χ2v) is 5.41. The van der Waals surface area contributed by atoms with Gasteiger partial charge in [-0.15, -0.1) is 0 Å². The molecule has 0 amide bonds. The molecule has 2 aromatic carbocycles. The van der Waals surface area contributed by atoms with Crippen molar-refractivity contribution in [1.82, 2.24) is 0 Å². The highest BCUT2D eigenvalue weighted by Gasteiger charge is 2.14. The Morgan fingerprint density at radius 2 is 1.68 bits per heavy atom. The van der Waals surface area contributed by atoms with Gasteiger partial charge in [0.15, 0.2) is 6.61 Å². The average Bonchev–Trinajstić information content (AvgIpc) is 2.65. The third kappa shape index (κ3) is 6.27. The van der Waals surface area contributed by atoms with Gasteiger partial charge in [-0.05, 0) is 29.7 Å². The third-order valence-electron chi connectivity index (χ3n) is 3.48. The Hall–Kier alpha value is -2.86. The highest BCUT2D eigenvalue weighted by molar-refractivity contribution is 5.75. The quantitative estimate of drug-likeness (QED) is 0.736. The molecule has 25 heavy (non-hydrogen) atoms. The number of methoxy groups -OCH3 is 1. The third-order valence-corrected chi connectivity index (χ3v) is 3.48. The summed E-state index contributed by atoms with van der Waals surface area (Å²) in [6.07, 6.45) is 0.367. The standard InChI is InChI=1S/C19H21NO5/c1-23-19(22)17(20)11-14-7-9-16(10-8-14)24-13-18(21)25-12-15-5-3-2-4-6-15/h2-10,17H,11-13,20H2,1H3/t17-/m0/s1. The van der Waals surface area contributed by atoms with Gasteiger partial charge < -0.3 is 19.9 Å². The summed E-state index contributed by atoms with van der Waals surface area (Å²) in [5.74, 6) is -0.366. The lowest BCUT2D eigenvalue weighted by atomic mass is 10.1. The summed E-state index contributed by atoms with van der Waals surface area (Å²) in [7, 11) is 1.30. The molecule has 0 aromatic heterocycles. The van der Waals surface area contributed by atoms with Crippen molar-refractivity contribution in [2.75, 3.05) is 13.7 Å². The maximum atomic E-state index is 11.7. The van der Waals surface area contributed by atoms with Gasteiger partial charge in [0.2, 0.25) is 0 Å². The van der Waals surface area contributed by atoms with Crippen LogP contribution in [0.2, 0.25) is 0 Å². The van der Waals surface area contributed by atoms with E-state index in [9.17, 15) is 9.59 Å². The first-order valence-corrected chi connectivity index (χ1v) is 7.83. The van der Waals surface area contributed by atoms with Crippen molar-refractivity contribution in [3.63, 3.8) is 0 Å². The van der Waals surface area contributed by atoms with E-state index in [0.717, 1.165) is 11.1 Å². The van der Waals surface area contributed by atoms with Gasteiger partial charge in [0, 0.05) is 0 Å². The van der Waals surface area contributed by atoms with Gasteiger partial charge in [0.05, 0.1) is 7.11 Å². The molecule has 0 unspecified atom stereocenters. The number of esters is 2. The summed E-state index contributed by atoms with van der Waals surface area (Å²) in [6.45, 7) is 0.0429. The zero-order valence-electron chi connectivity index (χ0n) is 14.0. The fourth-order valence-electron chi connectivity index (χ4n) is 2.13. The zero-order valence-corrected chi connectivity index (χ0v) is 14.0. The molecule has 0 aliphatic heterocycles. The molecule has 2 N–H and O–H groups in total. The number of ether oxygens (including phenoxy) is 3. The van der Waals surface area contributed by atoms with Gasteiger partial charge in [0.1, 0.15) is 18.4 Å². The van der Waals surface area contributed by atoms with Crippen molar-refractivity contribution in [3.8, 4) is 5.75 Å². The Morgan fingerprint density at radius 3 is 2.32 bits per heavy atom. The molecule has 0 spiro atoms. The lowest BCUT2D eigenvalue weighted by Crippen LogP contribution is -2.33. The van der Waals surface area contributed by atoms with Crippen LogP contribution in [0.5, 0.6) is 5.75 Å². The van der Waals surface area contributed by atoms with Crippen molar-refractivity contribution < 1.29 is 23.8 Å². The summed E-state index contributed by atoms with van der Waals surface area (Å²) in [5, 5.41) is 0. The summed E-state index contributed by atoms with van der Waals surface area (Å²) < 4.78 is 15.1. The molecular formula is C19H21NO5. The SMILES string of the molecule is COC(=O)[C@@H](N)Cc1ccc(OCC(=O)OCc2ccccc2)cc1. The summed E-state index contributed by atoms with van der Waals surface area (Å²) >= 11 is 0. The van der Waals surface area contributed by atoms with Crippen LogP contribution in [0.1, 0.15) is 11.1 Å². The molecule has 0 saturated carbocycles. The molecule has 2 aromatic rings. The summed E-state index contributed by atoms with van der Waals surface area (Å²) in [4.78, 5) is 23.0. The Bertz CT molecular complexity index is 685. The minimum atomic E-state index is -0.704. The molecule has 0 fully saturated rings. The van der Waals surface area contributed by atoms with E-state index >= 15 is 0 Å². The fraction of sp³-hybridized carbons (Fsp3) is 0.263. The number of benzene rings is 2. The minimum Gasteiger partial charge on any atom is -0.482 e. The highest BCUT2D eigenvalue weighted by Crippen LogP contribution is 2.13. The van der Waals surface area contributed by atoms with E-state index < -0.39 is 18.0 Å². The van der Waals surface area contributed by atoms with E-state index in [2.05, 4.69) is 4.74 Å². The number of hydrogen-bond acceptors (Lipinski definition) is 6. The lowest BCUT2D eigenvalue weighted by molar-refractivity contribution is -0.147. The van der Waals surface area contributed by atoms with Gasteiger partial charge in [-0.2, -0.15) is 0 Å². The summed E-state index contributed by atoms with van der Waals surface area (Å²) in [5.41, 5.74) is 7.50. The van der Waals surface area contributed by atoms with Crippen LogP contribution in [0, 0.1) is 0 Å². The van der Waals surface area contributed by atoms with E-state index in [0.29, 0.717) is 12.2 Å². The predicted octanol–water partition coefficient (Wildman–Crippen LogP) is 1.85. The molecule has 0 aliphatic rings. The van der Waals surface area contributed by atoms with Crippen molar-refractivity contribution in [2.24, 2.45) is 5.73 Å². The van der Waals surface area contributed by atoms with Crippen LogP contribution >= 0.6 is 0 Å². The Balaban J connectivity index is 1.75. The number of nitrogens with two attached hydrogens (primary N) is 1. The highest BCUT2D eigenvalue weighted by atomic mass is 16.6. The van der Waals surface area contributed by atoms with Crippen molar-refractivity contribution in [1.29, 1.82) is 0 Å². The molecule has 0 aliphatic carbocycles. The second-order valence-electron chi connectivity index (χ2n) is 5.41. The number of rotatable bonds is 8. The van der Waals surface area contributed by atoms with E-state index in [4.69, 9.17) is 15.2 Å². The topological polar surface area (TPSA) is 87.9 Å². The monoisotopic (exact) mass is 343 g/mol. The fourth-order valence-corrected chi connectivity index (χ4v) is 2.13. The first kappa shape index (κ1) is 18.5. The largest absolute Gasteiger partial charge is 0.482 e. The maximum absolute atomic E-state index is 11.7. The molecule has 0 radical (unpaired) electrons. The smallest absolute Gasteiger partial charge is 0.344 e. The van der Waals surface area contributed by atoms with Crippen LogP contribution in [0.25, 0.3) is 0 Å². The van der Waals surface area contributed by atoms with E-state index in [-0.39, 0.29) is 13.2 Å². The Morgan fingerprint density at radius 1 is 1.00 bits per heavy atom. The van der Waals surface area contributed by atoms with Crippen LogP contribution in [0.15, 0.2) is 54.6 Å². The normalized spacial score (nSPS) is 11.4. The first-order chi connectivity index (χ1) is 12.1. The molecule has 1 atom stereocenters. The summed E-state index contributed by atoms with van der Waals surface area (Å²) in [6, 6.07) is 15.7. The molecule has 6 heteroatoms. The Kier molecular flexibility index (Phi) is 6.98. The lowest BCUT2D eigenvalue weighted by Gasteiger charge is -2.10. The molecule has 6 nitrogen and oxygen atoms in total. The predicted molar refractivity (Wildman–Crippen MR) is 91.9 cm³/mol. The van der Waals surface area contributed by atoms with Gasteiger partial charge >= 0.3 is 11.9 Å². The van der Waals surface area contributed by atoms with Gasteiger partial charge in [-0.25, -0.2) is 4.79 Å². The number of carbonyl (C=O) groups excluding carboxylic acids is 2. The number of hydrogen-bond donors (Lipinski definition) is 1. The van der Waals surface area contributed by atoms with Crippen molar-refractivity contribution >= 4 is 11.9 Å². The van der Waals surface area contributed by atoms with Crippen LogP contribution < -0.4 is 10.5 Å². The van der Waals surface area contributed by atoms with Crippen LogP contribution in [-0.4, -0.2) is 31.7 Å². The second kappa shape index (κ2) is 9.44. The molecule has 0 bridgehead atoms. The molecular weight excluding hydrogens is 322 g/mol. The minimum absolute atomic E-state index is 0.173. The van der Waals surface area contributed by atoms with Crippen LogP contribution in [-0.2, 0) is 32.1 Å². The number of carbonyl (C=O) groups is 2. The van der Waals surface area contributed by atoms with E-state index in [1.54, 1.807) is 24.3 Å². The first-order valence-electron chi connectivity index (χ1n) is 7.83. The van der Waals surface area contributed by atoms with Gasteiger partial charge in [-0.3, -0.25) is 4.79 Å². The van der Waals surface area contributed by atoms with Crippen LogP contribution in [0.3, 0.4) is 0 Å². The Labute approximate surface area is 146 Å². The van der Waals surface area contributed by atoms with Gasteiger partial charge in [-0.1, -0.05) is 42.5 Å². The average molecular weight is 343 g/mol. The van der Waals surface area contributed by atoms with Crippen molar-refractivity contribution in [3.05, 3.63) is 65.7 Å². The molecule has 132 valence electrons. The van der Waals surface area contributed by atoms with Crippen molar-refractivity contribution in [2.45, 2.75) is 19.1 Å². The molecule has 2 rings (SSSR count). The molecule has 0 saturated heterocycles. The van der Waals surface area contributed by atoms with Gasteiger partial charge in [0.25, 0.3) is 0 Å². The van der Waals surface area contributed by atoms with Crippen LogP contribution in [0.4, 0.5) is 0 Å². The van der Waals surface area contributed by atoms with E-state index in [1.807, 2.05) is 30.3 Å². The van der Waals surface area contributed by atoms with E-state index in [1.165, 1.54) is 7.11 Å².